The molecule has 1 aromatic heterocycles. The van der Waals surface area contributed by atoms with E-state index >= 15 is 0 Å². The van der Waals surface area contributed by atoms with Crippen LogP contribution in [0.4, 0.5) is 0 Å². The normalized spacial score (nSPS) is 10.1. The van der Waals surface area contributed by atoms with Gasteiger partial charge in [0.05, 0.1) is 7.11 Å². The second-order valence-electron chi connectivity index (χ2n) is 3.64. The number of aryl methyl sites for hydroxylation is 1. The predicted molar refractivity (Wildman–Crippen MR) is 61.0 cm³/mol. The number of unbranched alkanes of at least 4 members (excludes halogenated alkanes) is 2. The molecule has 0 fully saturated rings. The van der Waals surface area contributed by atoms with Crippen LogP contribution >= 0.6 is 0 Å². The molecule has 0 aliphatic carbocycles. The van der Waals surface area contributed by atoms with Gasteiger partial charge in [-0.25, -0.2) is 9.78 Å². The van der Waals surface area contributed by atoms with Crippen molar-refractivity contribution >= 4 is 5.97 Å². The number of carboxylic acids is 1. The monoisotopic (exact) mass is 223 g/mol. The summed E-state index contributed by atoms with van der Waals surface area (Å²) < 4.78 is 5.16. The highest BCUT2D eigenvalue weighted by molar-refractivity contribution is 5.85. The summed E-state index contributed by atoms with van der Waals surface area (Å²) in [6.45, 7) is 2.14. The van der Waals surface area contributed by atoms with Crippen molar-refractivity contribution in [3.05, 3.63) is 23.5 Å². The molecule has 0 amide bonds. The van der Waals surface area contributed by atoms with Crippen LogP contribution in [-0.2, 0) is 6.42 Å². The predicted octanol–water partition coefficient (Wildman–Crippen LogP) is 2.52. The smallest absolute Gasteiger partial charge is 0.354 e. The van der Waals surface area contributed by atoms with Gasteiger partial charge in [-0.3, -0.25) is 0 Å². The summed E-state index contributed by atoms with van der Waals surface area (Å²) in [5.41, 5.74) is 0.997. The van der Waals surface area contributed by atoms with Crippen molar-refractivity contribution in [3.8, 4) is 5.75 Å². The van der Waals surface area contributed by atoms with Crippen molar-refractivity contribution in [2.45, 2.75) is 32.6 Å². The van der Waals surface area contributed by atoms with Crippen LogP contribution in [0.15, 0.2) is 12.3 Å². The van der Waals surface area contributed by atoms with Crippen molar-refractivity contribution < 1.29 is 14.6 Å². The molecule has 0 aromatic carbocycles. The second kappa shape index (κ2) is 6.10. The SMILES string of the molecule is CCCCCc1cnc(C(=O)O)cc1OC. The van der Waals surface area contributed by atoms with Gasteiger partial charge in [-0.1, -0.05) is 19.8 Å². The van der Waals surface area contributed by atoms with Crippen LogP contribution in [0.2, 0.25) is 0 Å². The molecule has 0 aliphatic heterocycles. The number of ether oxygens (including phenoxy) is 1. The molecule has 0 unspecified atom stereocenters. The molecule has 1 heterocycles. The summed E-state index contributed by atoms with van der Waals surface area (Å²) >= 11 is 0. The van der Waals surface area contributed by atoms with Crippen LogP contribution in [0, 0.1) is 0 Å². The Balaban J connectivity index is 2.80. The van der Waals surface area contributed by atoms with E-state index in [-0.39, 0.29) is 5.69 Å². The summed E-state index contributed by atoms with van der Waals surface area (Å²) in [4.78, 5) is 14.6. The van der Waals surface area contributed by atoms with Gasteiger partial charge in [0.1, 0.15) is 5.75 Å². The standard InChI is InChI=1S/C12H17NO3/c1-3-4-5-6-9-8-13-10(12(14)15)7-11(9)16-2/h7-8H,3-6H2,1-2H3,(H,14,15). The van der Waals surface area contributed by atoms with E-state index in [4.69, 9.17) is 9.84 Å². The molecule has 1 N–H and O–H groups in total. The van der Waals surface area contributed by atoms with Crippen LogP contribution in [-0.4, -0.2) is 23.2 Å². The van der Waals surface area contributed by atoms with Gasteiger partial charge in [0, 0.05) is 17.8 Å². The molecule has 88 valence electrons. The van der Waals surface area contributed by atoms with Gasteiger partial charge in [0.25, 0.3) is 0 Å². The molecular formula is C12H17NO3. The first-order chi connectivity index (χ1) is 7.69. The minimum absolute atomic E-state index is 0.0242. The van der Waals surface area contributed by atoms with Gasteiger partial charge < -0.3 is 9.84 Å². The number of hydrogen-bond donors (Lipinski definition) is 1. The lowest BCUT2D eigenvalue weighted by atomic mass is 10.1. The molecule has 4 nitrogen and oxygen atoms in total. The van der Waals surface area contributed by atoms with E-state index in [9.17, 15) is 4.79 Å². The Hall–Kier alpha value is -1.58. The fourth-order valence-electron chi connectivity index (χ4n) is 1.53. The van der Waals surface area contributed by atoms with E-state index in [2.05, 4.69) is 11.9 Å². The fourth-order valence-corrected chi connectivity index (χ4v) is 1.53. The average molecular weight is 223 g/mol. The first-order valence-electron chi connectivity index (χ1n) is 5.45. The van der Waals surface area contributed by atoms with Gasteiger partial charge in [-0.15, -0.1) is 0 Å². The zero-order chi connectivity index (χ0) is 12.0. The number of carbonyl (C=O) groups is 1. The van der Waals surface area contributed by atoms with E-state index in [1.807, 2.05) is 0 Å². The van der Waals surface area contributed by atoms with Crippen LogP contribution in [0.1, 0.15) is 42.2 Å². The first-order valence-corrected chi connectivity index (χ1v) is 5.45. The maximum atomic E-state index is 10.7. The van der Waals surface area contributed by atoms with Crippen LogP contribution < -0.4 is 4.74 Å². The Morgan fingerprint density at radius 2 is 2.25 bits per heavy atom. The molecular weight excluding hydrogens is 206 g/mol. The van der Waals surface area contributed by atoms with Gasteiger partial charge in [-0.05, 0) is 12.8 Å². The number of aromatic carboxylic acids is 1. The summed E-state index contributed by atoms with van der Waals surface area (Å²) in [5, 5.41) is 8.79. The number of rotatable bonds is 6. The molecule has 1 aromatic rings. The number of pyridine rings is 1. The maximum absolute atomic E-state index is 10.7. The van der Waals surface area contributed by atoms with Crippen molar-refractivity contribution in [2.75, 3.05) is 7.11 Å². The highest BCUT2D eigenvalue weighted by atomic mass is 16.5. The summed E-state index contributed by atoms with van der Waals surface area (Å²) in [7, 11) is 1.55. The number of methoxy groups -OCH3 is 1. The van der Waals surface area contributed by atoms with Gasteiger partial charge in [-0.2, -0.15) is 0 Å². The lowest BCUT2D eigenvalue weighted by Gasteiger charge is -2.08. The molecule has 0 bridgehead atoms. The number of carboxylic acid groups (broad SMARTS) is 1. The topological polar surface area (TPSA) is 59.4 Å². The minimum Gasteiger partial charge on any atom is -0.496 e. The van der Waals surface area contributed by atoms with Crippen LogP contribution in [0.25, 0.3) is 0 Å². The van der Waals surface area contributed by atoms with E-state index in [0.29, 0.717) is 5.75 Å². The zero-order valence-electron chi connectivity index (χ0n) is 9.69. The highest BCUT2D eigenvalue weighted by Gasteiger charge is 2.09. The Kier molecular flexibility index (Phi) is 4.76. The Morgan fingerprint density at radius 1 is 1.50 bits per heavy atom. The third kappa shape index (κ3) is 3.22. The van der Waals surface area contributed by atoms with E-state index in [1.54, 1.807) is 13.3 Å². The van der Waals surface area contributed by atoms with E-state index < -0.39 is 5.97 Å². The van der Waals surface area contributed by atoms with E-state index in [0.717, 1.165) is 31.2 Å². The molecule has 4 heteroatoms. The molecule has 0 radical (unpaired) electrons. The maximum Gasteiger partial charge on any atom is 0.354 e. The second-order valence-corrected chi connectivity index (χ2v) is 3.64. The molecule has 0 saturated carbocycles. The van der Waals surface area contributed by atoms with Crippen LogP contribution in [0.3, 0.4) is 0 Å². The average Bonchev–Trinajstić information content (AvgIpc) is 2.29. The van der Waals surface area contributed by atoms with Gasteiger partial charge >= 0.3 is 5.97 Å². The lowest BCUT2D eigenvalue weighted by molar-refractivity contribution is 0.0690. The number of aromatic nitrogens is 1. The Morgan fingerprint density at radius 3 is 2.81 bits per heavy atom. The summed E-state index contributed by atoms with van der Waals surface area (Å²) in [5.74, 6) is -0.415. The molecule has 0 atom stereocenters. The third-order valence-electron chi connectivity index (χ3n) is 2.43. The van der Waals surface area contributed by atoms with E-state index in [1.165, 1.54) is 6.07 Å². The lowest BCUT2D eigenvalue weighted by Crippen LogP contribution is -2.03. The summed E-state index contributed by atoms with van der Waals surface area (Å²) in [6.07, 6.45) is 5.86. The molecule has 16 heavy (non-hydrogen) atoms. The van der Waals surface area contributed by atoms with Crippen molar-refractivity contribution in [2.24, 2.45) is 0 Å². The first kappa shape index (κ1) is 12.5. The molecule has 1 rings (SSSR count). The molecule has 0 saturated heterocycles. The molecule has 0 spiro atoms. The minimum atomic E-state index is -1.03. The third-order valence-corrected chi connectivity index (χ3v) is 2.43. The van der Waals surface area contributed by atoms with Crippen LogP contribution in [0.5, 0.6) is 5.75 Å². The molecule has 0 aliphatic rings. The van der Waals surface area contributed by atoms with Crippen molar-refractivity contribution in [1.82, 2.24) is 4.98 Å². The fraction of sp³-hybridized carbons (Fsp3) is 0.500. The number of hydrogen-bond acceptors (Lipinski definition) is 3. The van der Waals surface area contributed by atoms with Gasteiger partial charge in [0.15, 0.2) is 5.69 Å². The van der Waals surface area contributed by atoms with Gasteiger partial charge in [0.2, 0.25) is 0 Å². The largest absolute Gasteiger partial charge is 0.496 e. The number of nitrogens with zero attached hydrogens (tertiary/aromatic N) is 1. The Labute approximate surface area is 95.3 Å². The zero-order valence-corrected chi connectivity index (χ0v) is 9.69. The van der Waals surface area contributed by atoms with Crippen molar-refractivity contribution in [3.63, 3.8) is 0 Å². The summed E-state index contributed by atoms with van der Waals surface area (Å²) in [6, 6.07) is 1.48. The Bertz CT molecular complexity index is 363. The highest BCUT2D eigenvalue weighted by Crippen LogP contribution is 2.20. The quantitative estimate of drug-likeness (QED) is 0.753. The van der Waals surface area contributed by atoms with Crippen molar-refractivity contribution in [1.29, 1.82) is 0 Å².